The van der Waals surface area contributed by atoms with E-state index in [1.807, 2.05) is 18.6 Å². The van der Waals surface area contributed by atoms with E-state index in [1.165, 1.54) is 184 Å². The van der Waals surface area contributed by atoms with Crippen molar-refractivity contribution in [3.8, 4) is 0 Å². The standard InChI is InChI=1S/C31H50O4.C28H45NO3.C28H47NO3.C28H43NO3.2CH4.B.IO4.2Na.H/c1-18(2)9-8-10-19(3)21-11-12-22-26-23(13-14-30(21,22)6)31(7)16-20(17-32)25(33)15-24(31)27-28(26)35-29(4,5)34-27;1-16(2)7-6-8-17(3)19-9-10-20-24-21(11-12-27(19,20)4)28(5)14-18-15-29-32-23(18)13-22(28)25(30)26(24)31;2*1-18(2)7-6-8-19(3)23-9-10-24-22(17-31)25(11-12-27(23,24)4)28(5)14-20-15-29-32-26(20)13-21(28)16-30;;;;2-1(3,4)5;;;/h17-19,21-24,26-28,32H,8-16H2,1-7H3;15-17,19-22,24-26,30-31H,6-14H2,1-5H3;15,18-19,21-25,30-31H,6-14,16-17H2,1-5H3;15-19,21-25H,6-14H2,1-5H3;2*1H4;;;;;/q;;;;;;;-1;2*+1;-1/t19-,21-,22+,23+,24-,26+,27-,28-,30-,31-;17-,19-,20+,21+,22-,24+,25-,26-,27-,28-;2*19-,21-,22+,23-,24+,25+,27-,28+;;;;;;;/m1111......./s1. The molecule has 4 heterocycles. The average Bonchev–Trinajstić information content (AvgIpc) is 1.41. The minimum atomic E-state index is -5.94. The number of aliphatic hydroxyl groups excluding tert-OH is 5. The number of ketones is 1. The molecule has 12 fully saturated rings. The van der Waals surface area contributed by atoms with E-state index in [1.54, 1.807) is 0 Å². The summed E-state index contributed by atoms with van der Waals surface area (Å²) in [5.41, 5.74) is 5.24. The largest absolute Gasteiger partial charge is 1.00 e. The summed E-state index contributed by atoms with van der Waals surface area (Å²) in [7, 11) is 0. The van der Waals surface area contributed by atoms with Crippen LogP contribution in [-0.4, -0.2) is 111 Å². The number of allylic oxidation sites excluding steroid dienone is 1. The Hall–Kier alpha value is -1.43. The number of Topliss-reactive ketones (excluding diaryl/α,β-unsaturated/α-hetero) is 1. The van der Waals surface area contributed by atoms with Gasteiger partial charge >= 0.3 is 59.1 Å². The van der Waals surface area contributed by atoms with Gasteiger partial charge in [-0.15, -0.1) is 0 Å². The first kappa shape index (κ1) is 123. The Kier molecular flexibility index (Phi) is 43.1. The Morgan fingerprint density at radius 3 is 1.18 bits per heavy atom. The molecule has 36 atom stereocenters. The maximum absolute atomic E-state index is 12.9. The van der Waals surface area contributed by atoms with E-state index in [-0.39, 0.29) is 184 Å². The van der Waals surface area contributed by atoms with Crippen LogP contribution in [0.3, 0.4) is 0 Å². The molecule has 20 nitrogen and oxygen atoms in total. The van der Waals surface area contributed by atoms with Crippen molar-refractivity contribution in [2.24, 2.45) is 209 Å². The summed E-state index contributed by atoms with van der Waals surface area (Å²) in [6, 6.07) is 0. The maximum atomic E-state index is 12.9. The summed E-state index contributed by atoms with van der Waals surface area (Å²) in [4.78, 5) is 37.7. The van der Waals surface area contributed by atoms with Gasteiger partial charge in [-0.2, -0.15) is 0 Å². The molecule has 15 aliphatic rings. The van der Waals surface area contributed by atoms with E-state index in [4.69, 9.17) is 36.8 Å². The average molecular weight is 2100 g/mol. The van der Waals surface area contributed by atoms with Gasteiger partial charge in [-0.3, -0.25) is 18.5 Å². The van der Waals surface area contributed by atoms with E-state index in [2.05, 4.69) is 168 Å². The fraction of sp³-hybridized carbons (Fsp3) is 0.880. The Balaban J connectivity index is 0.000000225. The van der Waals surface area contributed by atoms with E-state index in [9.17, 15) is 39.9 Å². The Labute approximate surface area is 906 Å². The van der Waals surface area contributed by atoms with Gasteiger partial charge in [-0.05, 0) is 328 Å². The molecule has 1 saturated heterocycles. The minimum Gasteiger partial charge on any atom is -1.00 e. The van der Waals surface area contributed by atoms with Gasteiger partial charge in [-0.25, -0.2) is 0 Å². The third kappa shape index (κ3) is 24.5. The number of fused-ring (bicyclic) bond motifs is 18. The zero-order valence-electron chi connectivity index (χ0n) is 91.7. The maximum Gasteiger partial charge on any atom is 1.00 e. The second kappa shape index (κ2) is 49.3. The predicted octanol–water partition coefficient (Wildman–Crippen LogP) is 12.6. The van der Waals surface area contributed by atoms with Crippen LogP contribution in [0.5, 0.6) is 0 Å². The van der Waals surface area contributed by atoms with Gasteiger partial charge in [0.25, 0.3) is 0 Å². The van der Waals surface area contributed by atoms with E-state index >= 15 is 0 Å². The van der Waals surface area contributed by atoms with Crippen molar-refractivity contribution in [3.05, 3.63) is 64.4 Å². The first-order valence-corrected chi connectivity index (χ1v) is 58.7. The molecule has 141 heavy (non-hydrogen) atoms. The van der Waals surface area contributed by atoms with Gasteiger partial charge in [0, 0.05) is 93.2 Å². The monoisotopic (exact) mass is 2100 g/mol. The second-order valence-corrected chi connectivity index (χ2v) is 55.1. The van der Waals surface area contributed by atoms with Gasteiger partial charge in [0.05, 0.1) is 49.3 Å². The summed E-state index contributed by atoms with van der Waals surface area (Å²) in [5, 5.41) is 65.9. The number of carbonyl (C=O) groups excluding carboxylic acids is 3. The number of aromatic nitrogens is 3. The molecule has 3 radical (unpaired) electrons. The molecule has 5 N–H and O–H groups in total. The van der Waals surface area contributed by atoms with Crippen LogP contribution in [0.1, 0.15) is 395 Å². The van der Waals surface area contributed by atoms with Crippen LogP contribution in [0.25, 0.3) is 0 Å². The van der Waals surface area contributed by atoms with Crippen LogP contribution in [-0.2, 0) is 62.4 Å². The fourth-order valence-electron chi connectivity index (χ4n) is 36.6. The molecule has 1 aliphatic heterocycles. The van der Waals surface area contributed by atoms with Crippen molar-refractivity contribution in [3.63, 3.8) is 0 Å². The molecule has 0 unspecified atom stereocenters. The predicted molar refractivity (Wildman–Crippen MR) is 539 cm³/mol. The molecule has 24 heteroatoms. The fourth-order valence-corrected chi connectivity index (χ4v) is 36.6. The number of rotatable bonds is 26. The van der Waals surface area contributed by atoms with Crippen LogP contribution >= 0.6 is 0 Å². The number of halogens is 1. The normalized spacial score (nSPS) is 41.2. The van der Waals surface area contributed by atoms with E-state index < -0.39 is 38.1 Å². The van der Waals surface area contributed by atoms with Crippen LogP contribution in [0.4, 0.5) is 0 Å². The summed E-state index contributed by atoms with van der Waals surface area (Å²) in [6.07, 6.45) is 49.6. The quantitative estimate of drug-likeness (QED) is 0.0164. The molecular weight excluding hydrogens is 1900 g/mol. The molecule has 0 amide bonds. The van der Waals surface area contributed by atoms with E-state index in [0.29, 0.717) is 107 Å². The number of nitrogens with zero attached hydrogens (tertiary/aromatic N) is 3. The molecule has 18 rings (SSSR count). The minimum absolute atomic E-state index is 0. The van der Waals surface area contributed by atoms with Crippen LogP contribution in [0.2, 0.25) is 0 Å². The van der Waals surface area contributed by atoms with Gasteiger partial charge in [0.15, 0.2) is 11.6 Å². The molecule has 0 aromatic carbocycles. The van der Waals surface area contributed by atoms with Gasteiger partial charge in [-0.1, -0.05) is 246 Å². The third-order valence-corrected chi connectivity index (χ3v) is 43.6. The Morgan fingerprint density at radius 2 is 0.759 bits per heavy atom. The van der Waals surface area contributed by atoms with E-state index in [0.717, 1.165) is 139 Å². The third-order valence-electron chi connectivity index (χ3n) is 43.6. The Morgan fingerprint density at radius 1 is 0.411 bits per heavy atom. The molecule has 3 aromatic rings. The zero-order chi connectivity index (χ0) is 98.9. The van der Waals surface area contributed by atoms with Crippen molar-refractivity contribution < 1.29 is 157 Å². The van der Waals surface area contributed by atoms with Crippen molar-refractivity contribution >= 4 is 26.8 Å². The number of hydrogen-bond donors (Lipinski definition) is 5. The number of aldehydes is 2. The topological polar surface area (TPSA) is 341 Å². The van der Waals surface area contributed by atoms with Crippen molar-refractivity contribution in [1.29, 1.82) is 0 Å². The molecule has 0 spiro atoms. The second-order valence-electron chi connectivity index (χ2n) is 52.9. The van der Waals surface area contributed by atoms with Crippen molar-refractivity contribution in [1.82, 2.24) is 15.5 Å². The van der Waals surface area contributed by atoms with Crippen LogP contribution in [0.15, 0.2) is 44.0 Å². The molecule has 3 aromatic heterocycles. The SMILES string of the molecule is C.C.CC(C)CCC[C@@H](C)[C@H]1CC[C@H]2[C@@H]3[C@@H](O)[C@H](O)[C@H]4Cc5oncc5C[C@]4(C)[C@H]3CC[C@]12C.CC(C)CCC[C@@H](C)[C@H]1CC[C@H]2[C@@H]3[C@H]4OC(C)(C)O[C@@H]4[C@H]4CC(=O)C(=CO)C[C@]4(C)[C@H]3CC[C@]12C.CC(C)CCC[C@@H](C)[C@H]1CC[C@H]2[C@H](C=O)[C@@H]([C@@]3(C)Cc4cnoc4C[C@@H]3C=O)CC[C@]12C.CC(C)CCC[C@@H](C)[C@H]1CC[C@H]2[C@H](CO)[C@@H]([C@@]3(C)Cc4cnoc4C[C@@H]3CO)CC[C@]12C.[B].[H-].[Na+].[Na+].[O-][I+3]([O-])([O-])[O-]. The Bertz CT molecular complexity index is 4470. The first-order chi connectivity index (χ1) is 64.1. The molecule has 11 saturated carbocycles. The molecule has 0 bridgehead atoms. The summed E-state index contributed by atoms with van der Waals surface area (Å²) in [5.74, 6) is 16.8. The van der Waals surface area contributed by atoms with Crippen molar-refractivity contribution in [2.45, 2.75) is 429 Å². The number of aliphatic hydroxyl groups is 5. The van der Waals surface area contributed by atoms with Gasteiger partial charge in [0.1, 0.15) is 49.9 Å². The summed E-state index contributed by atoms with van der Waals surface area (Å²) >= 11 is -5.94. The first-order valence-electron chi connectivity index (χ1n) is 55.2. The van der Waals surface area contributed by atoms with Crippen LogP contribution in [0, 0.1) is 209 Å². The number of hydrogen-bond acceptors (Lipinski definition) is 20. The number of carbonyl (C=O) groups is 3. The number of ether oxygens (including phenoxy) is 2. The summed E-state index contributed by atoms with van der Waals surface area (Å²) < 4.78 is 64.2. The smallest absolute Gasteiger partial charge is 1.00 e. The van der Waals surface area contributed by atoms with Gasteiger partial charge in [0.2, 0.25) is 0 Å². The van der Waals surface area contributed by atoms with Gasteiger partial charge < -0.3 is 59.6 Å². The molecule has 14 aliphatic carbocycles. The molecular formula is C117H194BIN3Na2O17. The zero-order valence-corrected chi connectivity index (χ0v) is 96.9. The molecule has 791 valence electrons. The van der Waals surface area contributed by atoms with Crippen molar-refractivity contribution in [2.75, 3.05) is 13.2 Å². The summed E-state index contributed by atoms with van der Waals surface area (Å²) in [6.45, 7) is 52.8. The van der Waals surface area contributed by atoms with Crippen LogP contribution < -0.4 is 93.0 Å².